The van der Waals surface area contributed by atoms with Gasteiger partial charge >= 0.3 is 0 Å². The molecule has 1 rings (SSSR count). The molecule has 0 bridgehead atoms. The molecule has 1 aromatic heterocycles. The van der Waals surface area contributed by atoms with Gasteiger partial charge in [0.05, 0.1) is 4.88 Å². The van der Waals surface area contributed by atoms with Crippen LogP contribution in [0.4, 0.5) is 0 Å². The molecule has 4 nitrogen and oxygen atoms in total. The SMILES string of the molecule is CCCN(CC)C(=O)CCNC(=O)c1ccc(C)s1. The van der Waals surface area contributed by atoms with E-state index in [9.17, 15) is 9.59 Å². The van der Waals surface area contributed by atoms with Crippen LogP contribution in [0, 0.1) is 6.92 Å². The summed E-state index contributed by atoms with van der Waals surface area (Å²) in [7, 11) is 0. The Labute approximate surface area is 118 Å². The lowest BCUT2D eigenvalue weighted by molar-refractivity contribution is -0.130. The molecule has 19 heavy (non-hydrogen) atoms. The summed E-state index contributed by atoms with van der Waals surface area (Å²) in [6.07, 6.45) is 1.32. The molecule has 0 atom stereocenters. The normalized spacial score (nSPS) is 10.3. The first-order valence-electron chi connectivity index (χ1n) is 6.70. The van der Waals surface area contributed by atoms with E-state index < -0.39 is 0 Å². The van der Waals surface area contributed by atoms with Crippen molar-refractivity contribution in [2.45, 2.75) is 33.6 Å². The van der Waals surface area contributed by atoms with Crippen molar-refractivity contribution in [1.82, 2.24) is 10.2 Å². The lowest BCUT2D eigenvalue weighted by Gasteiger charge is -2.19. The van der Waals surface area contributed by atoms with Gasteiger partial charge in [-0.05, 0) is 32.4 Å². The number of hydrogen-bond donors (Lipinski definition) is 1. The average Bonchev–Trinajstić information content (AvgIpc) is 2.82. The predicted molar refractivity (Wildman–Crippen MR) is 78.6 cm³/mol. The van der Waals surface area contributed by atoms with Crippen molar-refractivity contribution in [1.29, 1.82) is 0 Å². The highest BCUT2D eigenvalue weighted by atomic mass is 32.1. The van der Waals surface area contributed by atoms with E-state index in [0.717, 1.165) is 24.4 Å². The number of nitrogens with zero attached hydrogens (tertiary/aromatic N) is 1. The maximum Gasteiger partial charge on any atom is 0.261 e. The molecule has 0 unspecified atom stereocenters. The second kappa shape index (κ2) is 7.94. The Balaban J connectivity index is 2.33. The van der Waals surface area contributed by atoms with E-state index in [4.69, 9.17) is 0 Å². The van der Waals surface area contributed by atoms with Crippen LogP contribution < -0.4 is 5.32 Å². The second-order valence-corrected chi connectivity index (χ2v) is 5.68. The summed E-state index contributed by atoms with van der Waals surface area (Å²) in [5, 5.41) is 2.79. The van der Waals surface area contributed by atoms with Crippen LogP contribution in [0.2, 0.25) is 0 Å². The van der Waals surface area contributed by atoms with Crippen molar-refractivity contribution in [3.63, 3.8) is 0 Å². The zero-order valence-corrected chi connectivity index (χ0v) is 12.7. The zero-order chi connectivity index (χ0) is 14.3. The highest BCUT2D eigenvalue weighted by molar-refractivity contribution is 7.13. The van der Waals surface area contributed by atoms with Gasteiger partial charge in [0.15, 0.2) is 0 Å². The van der Waals surface area contributed by atoms with Crippen LogP contribution in [-0.4, -0.2) is 36.3 Å². The van der Waals surface area contributed by atoms with Crippen LogP contribution in [0.5, 0.6) is 0 Å². The van der Waals surface area contributed by atoms with E-state index in [1.54, 1.807) is 0 Å². The summed E-state index contributed by atoms with van der Waals surface area (Å²) in [6.45, 7) is 7.90. The van der Waals surface area contributed by atoms with E-state index in [2.05, 4.69) is 12.2 Å². The first-order valence-corrected chi connectivity index (χ1v) is 7.52. The Bertz CT molecular complexity index is 429. The fourth-order valence-corrected chi connectivity index (χ4v) is 2.60. The third-order valence-corrected chi connectivity index (χ3v) is 3.82. The van der Waals surface area contributed by atoms with Crippen molar-refractivity contribution >= 4 is 23.2 Å². The van der Waals surface area contributed by atoms with Gasteiger partial charge in [-0.25, -0.2) is 0 Å². The molecule has 0 aliphatic rings. The molecular formula is C14H22N2O2S. The van der Waals surface area contributed by atoms with E-state index in [0.29, 0.717) is 17.8 Å². The van der Waals surface area contributed by atoms with Crippen molar-refractivity contribution in [3.8, 4) is 0 Å². The van der Waals surface area contributed by atoms with Gasteiger partial charge in [0.1, 0.15) is 0 Å². The molecule has 0 aliphatic carbocycles. The number of thiophene rings is 1. The predicted octanol–water partition coefficient (Wildman–Crippen LogP) is 2.43. The van der Waals surface area contributed by atoms with Crippen molar-refractivity contribution in [3.05, 3.63) is 21.9 Å². The molecule has 0 aromatic carbocycles. The molecule has 106 valence electrons. The summed E-state index contributed by atoms with van der Waals surface area (Å²) in [4.78, 5) is 27.3. The minimum Gasteiger partial charge on any atom is -0.351 e. The monoisotopic (exact) mass is 282 g/mol. The van der Waals surface area contributed by atoms with Crippen molar-refractivity contribution < 1.29 is 9.59 Å². The fraction of sp³-hybridized carbons (Fsp3) is 0.571. The fourth-order valence-electron chi connectivity index (χ4n) is 1.81. The van der Waals surface area contributed by atoms with E-state index in [1.165, 1.54) is 11.3 Å². The number of amides is 2. The third kappa shape index (κ3) is 5.03. The zero-order valence-electron chi connectivity index (χ0n) is 11.9. The van der Waals surface area contributed by atoms with Gasteiger partial charge in [-0.2, -0.15) is 0 Å². The Hall–Kier alpha value is -1.36. The third-order valence-electron chi connectivity index (χ3n) is 2.82. The topological polar surface area (TPSA) is 49.4 Å². The van der Waals surface area contributed by atoms with Crippen LogP contribution >= 0.6 is 11.3 Å². The number of nitrogens with one attached hydrogen (secondary N) is 1. The quantitative estimate of drug-likeness (QED) is 0.835. The molecule has 1 N–H and O–H groups in total. The summed E-state index contributed by atoms with van der Waals surface area (Å²) in [5.74, 6) is 0.0106. The summed E-state index contributed by atoms with van der Waals surface area (Å²) >= 11 is 1.47. The average molecular weight is 282 g/mol. The van der Waals surface area contributed by atoms with Gasteiger partial charge in [0, 0.05) is 30.9 Å². The van der Waals surface area contributed by atoms with E-state index in [1.807, 2.05) is 30.9 Å². The Kier molecular flexibility index (Phi) is 6.56. The highest BCUT2D eigenvalue weighted by Gasteiger charge is 2.12. The smallest absolute Gasteiger partial charge is 0.261 e. The van der Waals surface area contributed by atoms with Crippen LogP contribution in [0.25, 0.3) is 0 Å². The maximum atomic E-state index is 11.9. The lowest BCUT2D eigenvalue weighted by atomic mass is 10.3. The van der Waals surface area contributed by atoms with Crippen LogP contribution in [-0.2, 0) is 4.79 Å². The number of rotatable bonds is 7. The van der Waals surface area contributed by atoms with Crippen LogP contribution in [0.3, 0.4) is 0 Å². The summed E-state index contributed by atoms with van der Waals surface area (Å²) in [5.41, 5.74) is 0. The van der Waals surface area contributed by atoms with Crippen LogP contribution in [0.15, 0.2) is 12.1 Å². The second-order valence-electron chi connectivity index (χ2n) is 4.39. The molecule has 0 fully saturated rings. The van der Waals surface area contributed by atoms with E-state index >= 15 is 0 Å². The molecule has 1 heterocycles. The Morgan fingerprint density at radius 1 is 1.32 bits per heavy atom. The maximum absolute atomic E-state index is 11.9. The van der Waals surface area contributed by atoms with Crippen molar-refractivity contribution in [2.75, 3.05) is 19.6 Å². The van der Waals surface area contributed by atoms with Crippen molar-refractivity contribution in [2.24, 2.45) is 0 Å². The molecule has 0 spiro atoms. The molecule has 0 radical (unpaired) electrons. The highest BCUT2D eigenvalue weighted by Crippen LogP contribution is 2.14. The Morgan fingerprint density at radius 3 is 2.58 bits per heavy atom. The molecule has 0 saturated heterocycles. The lowest BCUT2D eigenvalue weighted by Crippen LogP contribution is -2.34. The number of hydrogen-bond acceptors (Lipinski definition) is 3. The van der Waals surface area contributed by atoms with Gasteiger partial charge < -0.3 is 10.2 Å². The first kappa shape index (κ1) is 15.7. The minimum absolute atomic E-state index is 0.0931. The summed E-state index contributed by atoms with van der Waals surface area (Å²) < 4.78 is 0. The molecule has 0 aliphatic heterocycles. The Morgan fingerprint density at radius 2 is 2.05 bits per heavy atom. The van der Waals surface area contributed by atoms with Gasteiger partial charge in [-0.3, -0.25) is 9.59 Å². The molecule has 2 amide bonds. The molecule has 1 aromatic rings. The standard InChI is InChI=1S/C14H22N2O2S/c1-4-10-16(5-2)13(17)8-9-15-14(18)12-7-6-11(3)19-12/h6-7H,4-5,8-10H2,1-3H3,(H,15,18). The number of carbonyl (C=O) groups excluding carboxylic acids is 2. The van der Waals surface area contributed by atoms with Gasteiger partial charge in [-0.15, -0.1) is 11.3 Å². The molecule has 0 saturated carbocycles. The summed E-state index contributed by atoms with van der Waals surface area (Å²) in [6, 6.07) is 3.73. The largest absolute Gasteiger partial charge is 0.351 e. The van der Waals surface area contributed by atoms with Gasteiger partial charge in [0.2, 0.25) is 5.91 Å². The van der Waals surface area contributed by atoms with Crippen LogP contribution in [0.1, 0.15) is 41.2 Å². The van der Waals surface area contributed by atoms with E-state index in [-0.39, 0.29) is 11.8 Å². The number of aryl methyl sites for hydroxylation is 1. The van der Waals surface area contributed by atoms with Gasteiger partial charge in [-0.1, -0.05) is 6.92 Å². The molecule has 5 heteroatoms. The molecular weight excluding hydrogens is 260 g/mol. The number of carbonyl (C=O) groups is 2. The van der Waals surface area contributed by atoms with Gasteiger partial charge in [0.25, 0.3) is 5.91 Å². The first-order chi connectivity index (χ1) is 9.08. The minimum atomic E-state index is -0.0931.